The van der Waals surface area contributed by atoms with Crippen molar-refractivity contribution in [3.63, 3.8) is 0 Å². The van der Waals surface area contributed by atoms with E-state index < -0.39 is 0 Å². The number of nitrogens with zero attached hydrogens (tertiary/aromatic N) is 1. The van der Waals surface area contributed by atoms with E-state index in [1.807, 2.05) is 62.4 Å². The Morgan fingerprint density at radius 2 is 1.56 bits per heavy atom. The topological polar surface area (TPSA) is 23.5 Å². The minimum atomic E-state index is 0.774. The van der Waals surface area contributed by atoms with Crippen LogP contribution in [0.1, 0.15) is 11.1 Å². The first-order valence-electron chi connectivity index (χ1n) is 5.30. The Balaban J connectivity index is 2.42. The van der Waals surface area contributed by atoms with Gasteiger partial charge in [0.25, 0.3) is 0 Å². The second-order valence-electron chi connectivity index (χ2n) is 3.87. The number of anilines is 2. The van der Waals surface area contributed by atoms with Gasteiger partial charge in [0.1, 0.15) is 0 Å². The van der Waals surface area contributed by atoms with E-state index in [0.29, 0.717) is 0 Å². The molecule has 0 atom stereocenters. The lowest BCUT2D eigenvalue weighted by atomic mass is 10.1. The molecule has 2 heteroatoms. The van der Waals surface area contributed by atoms with Gasteiger partial charge < -0.3 is 0 Å². The van der Waals surface area contributed by atoms with E-state index in [4.69, 9.17) is 0 Å². The molecule has 0 radical (unpaired) electrons. The molecule has 0 amide bonds. The van der Waals surface area contributed by atoms with Gasteiger partial charge >= 0.3 is 0 Å². The Bertz CT molecular complexity index is 479. The van der Waals surface area contributed by atoms with Crippen LogP contribution in [-0.2, 0) is 0 Å². The Morgan fingerprint density at radius 1 is 0.875 bits per heavy atom. The molecule has 0 saturated heterocycles. The lowest BCUT2D eigenvalue weighted by Gasteiger charge is -2.20. The number of benzene rings is 2. The van der Waals surface area contributed by atoms with Gasteiger partial charge in [0.15, 0.2) is 0 Å². The average Bonchev–Trinajstić information content (AvgIpc) is 2.33. The number of aryl methyl sites for hydroxylation is 1. The van der Waals surface area contributed by atoms with Crippen LogP contribution in [0.15, 0.2) is 48.5 Å². The summed E-state index contributed by atoms with van der Waals surface area (Å²) in [5.74, 6) is 0. The zero-order valence-corrected chi connectivity index (χ0v) is 9.51. The fourth-order valence-corrected chi connectivity index (χ4v) is 1.67. The molecule has 82 valence electrons. The van der Waals surface area contributed by atoms with Gasteiger partial charge in [0, 0.05) is 0 Å². The van der Waals surface area contributed by atoms with Crippen molar-refractivity contribution in [3.8, 4) is 0 Å². The van der Waals surface area contributed by atoms with Crippen LogP contribution in [0.5, 0.6) is 0 Å². The first-order valence-corrected chi connectivity index (χ1v) is 5.30. The lowest BCUT2D eigenvalue weighted by molar-refractivity contribution is 0.300. The van der Waals surface area contributed by atoms with E-state index in [2.05, 4.69) is 0 Å². The predicted octanol–water partition coefficient (Wildman–Crippen LogP) is 3.83. The Morgan fingerprint density at radius 3 is 2.25 bits per heavy atom. The molecule has 0 unspecified atom stereocenters. The van der Waals surface area contributed by atoms with E-state index in [0.717, 1.165) is 16.9 Å². The quantitative estimate of drug-likeness (QED) is 0.766. The van der Waals surface area contributed by atoms with Crippen molar-refractivity contribution >= 4 is 11.4 Å². The van der Waals surface area contributed by atoms with Crippen LogP contribution in [0, 0.1) is 13.8 Å². The summed E-state index contributed by atoms with van der Waals surface area (Å²) in [7, 11) is 0. The summed E-state index contributed by atoms with van der Waals surface area (Å²) in [6, 6.07) is 15.4. The van der Waals surface area contributed by atoms with Crippen LogP contribution in [0.4, 0.5) is 11.4 Å². The molecule has 0 fully saturated rings. The fourth-order valence-electron chi connectivity index (χ4n) is 1.67. The van der Waals surface area contributed by atoms with Gasteiger partial charge in [-0.15, -0.1) is 0 Å². The maximum absolute atomic E-state index is 10.1. The Labute approximate surface area is 95.7 Å². The largest absolute Gasteiger partial charge is 0.283 e. The summed E-state index contributed by atoms with van der Waals surface area (Å²) in [5.41, 5.74) is 3.86. The zero-order valence-electron chi connectivity index (χ0n) is 9.51. The van der Waals surface area contributed by atoms with Gasteiger partial charge in [0.2, 0.25) is 0 Å². The highest BCUT2D eigenvalue weighted by molar-refractivity contribution is 5.64. The van der Waals surface area contributed by atoms with Crippen molar-refractivity contribution < 1.29 is 5.21 Å². The minimum Gasteiger partial charge on any atom is -0.283 e. The molecule has 16 heavy (non-hydrogen) atoms. The molecule has 2 nitrogen and oxygen atoms in total. The van der Waals surface area contributed by atoms with Crippen molar-refractivity contribution in [2.75, 3.05) is 5.06 Å². The molecule has 0 aromatic heterocycles. The molecule has 0 saturated carbocycles. The Kier molecular flexibility index (Phi) is 2.93. The highest BCUT2D eigenvalue weighted by Gasteiger charge is 2.09. The van der Waals surface area contributed by atoms with Gasteiger partial charge in [-0.05, 0) is 43.2 Å². The SMILES string of the molecule is Cc1cccc(N(O)c2ccccc2)c1C. The number of para-hydroxylation sites is 1. The molecular weight excluding hydrogens is 198 g/mol. The van der Waals surface area contributed by atoms with Crippen LogP contribution in [0.3, 0.4) is 0 Å². The normalized spacial score (nSPS) is 10.2. The highest BCUT2D eigenvalue weighted by atomic mass is 16.5. The van der Waals surface area contributed by atoms with Crippen molar-refractivity contribution in [1.29, 1.82) is 0 Å². The summed E-state index contributed by atoms with van der Waals surface area (Å²) in [6.45, 7) is 4.05. The monoisotopic (exact) mass is 213 g/mol. The maximum atomic E-state index is 10.1. The maximum Gasteiger partial charge on any atom is 0.0724 e. The molecule has 1 N–H and O–H groups in total. The van der Waals surface area contributed by atoms with Gasteiger partial charge in [-0.2, -0.15) is 0 Å². The van der Waals surface area contributed by atoms with Gasteiger partial charge in [-0.25, -0.2) is 5.06 Å². The number of hydrogen-bond donors (Lipinski definition) is 1. The second kappa shape index (κ2) is 4.37. The third-order valence-electron chi connectivity index (χ3n) is 2.80. The summed E-state index contributed by atoms with van der Waals surface area (Å²) in [5, 5.41) is 11.4. The molecule has 2 rings (SSSR count). The molecule has 2 aromatic carbocycles. The molecule has 0 aliphatic rings. The van der Waals surface area contributed by atoms with Crippen molar-refractivity contribution in [2.45, 2.75) is 13.8 Å². The van der Waals surface area contributed by atoms with Crippen LogP contribution in [-0.4, -0.2) is 5.21 Å². The smallest absolute Gasteiger partial charge is 0.0724 e. The van der Waals surface area contributed by atoms with Gasteiger partial charge in [-0.1, -0.05) is 30.3 Å². The van der Waals surface area contributed by atoms with Crippen molar-refractivity contribution in [3.05, 3.63) is 59.7 Å². The summed E-state index contributed by atoms with van der Waals surface area (Å²) in [4.78, 5) is 0. The van der Waals surface area contributed by atoms with E-state index >= 15 is 0 Å². The van der Waals surface area contributed by atoms with Crippen LogP contribution in [0.25, 0.3) is 0 Å². The summed E-state index contributed by atoms with van der Waals surface area (Å²) in [6.07, 6.45) is 0. The summed E-state index contributed by atoms with van der Waals surface area (Å²) >= 11 is 0. The van der Waals surface area contributed by atoms with E-state index in [-0.39, 0.29) is 0 Å². The van der Waals surface area contributed by atoms with Gasteiger partial charge in [-0.3, -0.25) is 5.21 Å². The molecule has 0 aliphatic heterocycles. The first-order chi connectivity index (χ1) is 7.70. The molecule has 0 spiro atoms. The Hall–Kier alpha value is -1.80. The third-order valence-corrected chi connectivity index (χ3v) is 2.80. The number of rotatable bonds is 2. The molecule has 2 aromatic rings. The van der Waals surface area contributed by atoms with Crippen LogP contribution >= 0.6 is 0 Å². The first kappa shape index (κ1) is 10.7. The van der Waals surface area contributed by atoms with Crippen LogP contribution < -0.4 is 5.06 Å². The van der Waals surface area contributed by atoms with Crippen molar-refractivity contribution in [2.24, 2.45) is 0 Å². The third kappa shape index (κ3) is 1.92. The highest BCUT2D eigenvalue weighted by Crippen LogP contribution is 2.27. The molecule has 0 heterocycles. The summed E-state index contributed by atoms with van der Waals surface area (Å²) < 4.78 is 0. The number of hydrogen-bond acceptors (Lipinski definition) is 2. The van der Waals surface area contributed by atoms with Gasteiger partial charge in [0.05, 0.1) is 11.4 Å². The van der Waals surface area contributed by atoms with Crippen LogP contribution in [0.2, 0.25) is 0 Å². The van der Waals surface area contributed by atoms with E-state index in [1.165, 1.54) is 10.6 Å². The van der Waals surface area contributed by atoms with E-state index in [9.17, 15) is 5.21 Å². The molecule has 0 aliphatic carbocycles. The molecular formula is C14H15NO. The van der Waals surface area contributed by atoms with Crippen molar-refractivity contribution in [1.82, 2.24) is 0 Å². The van der Waals surface area contributed by atoms with E-state index in [1.54, 1.807) is 0 Å². The average molecular weight is 213 g/mol. The molecule has 0 bridgehead atoms. The lowest BCUT2D eigenvalue weighted by Crippen LogP contribution is -2.12. The predicted molar refractivity (Wildman–Crippen MR) is 66.3 cm³/mol. The zero-order chi connectivity index (χ0) is 11.5. The fraction of sp³-hybridized carbons (Fsp3) is 0.143. The second-order valence-corrected chi connectivity index (χ2v) is 3.87. The standard InChI is InChI=1S/C14H15NO/c1-11-7-6-10-14(12(11)2)15(16)13-8-4-3-5-9-13/h3-10,16H,1-2H3. The minimum absolute atomic E-state index is 0.774.